The Hall–Kier alpha value is -2.52. The highest BCUT2D eigenvalue weighted by Gasteiger charge is 2.30. The van der Waals surface area contributed by atoms with E-state index in [0.717, 1.165) is 22.8 Å². The maximum atomic E-state index is 13.2. The van der Waals surface area contributed by atoms with Crippen LogP contribution in [0.15, 0.2) is 52.3 Å². The minimum atomic E-state index is -0.976. The normalized spacial score (nSPS) is 16.4. The third kappa shape index (κ3) is 7.98. The van der Waals surface area contributed by atoms with Crippen molar-refractivity contribution in [1.29, 1.82) is 0 Å². The third-order valence-corrected chi connectivity index (χ3v) is 8.09. The van der Waals surface area contributed by atoms with Gasteiger partial charge in [0, 0.05) is 30.4 Å². The van der Waals surface area contributed by atoms with Gasteiger partial charge in [-0.2, -0.15) is 0 Å². The van der Waals surface area contributed by atoms with Gasteiger partial charge in [0.15, 0.2) is 0 Å². The summed E-state index contributed by atoms with van der Waals surface area (Å²) in [6.07, 6.45) is 4.23. The quantitative estimate of drug-likeness (QED) is 0.353. The molecular formula is C27H30Cl2N2O5S. The molecule has 0 saturated carbocycles. The average molecular weight is 566 g/mol. The number of hydrogen-bond donors (Lipinski definition) is 2. The van der Waals surface area contributed by atoms with E-state index < -0.39 is 11.9 Å². The fourth-order valence-corrected chi connectivity index (χ4v) is 5.68. The molecule has 3 rings (SSSR count). The molecule has 0 aliphatic carbocycles. The minimum absolute atomic E-state index is 0.0240. The van der Waals surface area contributed by atoms with Crippen molar-refractivity contribution in [3.05, 3.63) is 58.1 Å². The highest BCUT2D eigenvalue weighted by Crippen LogP contribution is 2.42. The number of rotatable bonds is 10. The maximum Gasteiger partial charge on any atom is 0.303 e. The SMILES string of the molecule is COc1ccccc1Sc1ccc(/C=C/C(=O)N(C(=O)CC(C)CC(=O)O)C2CCCNC2)c(Cl)c1Cl. The molecule has 7 nitrogen and oxygen atoms in total. The lowest BCUT2D eigenvalue weighted by molar-refractivity contribution is -0.145. The molecule has 2 atom stereocenters. The Morgan fingerprint density at radius 1 is 1.16 bits per heavy atom. The van der Waals surface area contributed by atoms with Crippen molar-refractivity contribution in [2.75, 3.05) is 20.2 Å². The van der Waals surface area contributed by atoms with E-state index in [9.17, 15) is 14.4 Å². The second kappa shape index (κ2) is 13.9. The van der Waals surface area contributed by atoms with Crippen LogP contribution in [0.5, 0.6) is 5.75 Å². The van der Waals surface area contributed by atoms with E-state index in [4.69, 9.17) is 33.0 Å². The molecule has 2 unspecified atom stereocenters. The van der Waals surface area contributed by atoms with Crippen molar-refractivity contribution >= 4 is 58.8 Å². The van der Waals surface area contributed by atoms with Gasteiger partial charge in [0.05, 0.1) is 28.1 Å². The van der Waals surface area contributed by atoms with Crippen LogP contribution in [-0.2, 0) is 14.4 Å². The van der Waals surface area contributed by atoms with Crippen LogP contribution in [0, 0.1) is 5.92 Å². The van der Waals surface area contributed by atoms with Gasteiger partial charge in [-0.1, -0.05) is 60.1 Å². The first-order chi connectivity index (χ1) is 17.7. The first kappa shape index (κ1) is 29.0. The largest absolute Gasteiger partial charge is 0.496 e. The highest BCUT2D eigenvalue weighted by atomic mass is 35.5. The summed E-state index contributed by atoms with van der Waals surface area (Å²) in [6, 6.07) is 10.8. The number of carboxylic acids is 1. The summed E-state index contributed by atoms with van der Waals surface area (Å²) < 4.78 is 5.40. The topological polar surface area (TPSA) is 95.9 Å². The predicted octanol–water partition coefficient (Wildman–Crippen LogP) is 5.77. The number of carboxylic acid groups (broad SMARTS) is 1. The first-order valence-corrected chi connectivity index (χ1v) is 13.5. The van der Waals surface area contributed by atoms with E-state index in [-0.39, 0.29) is 35.7 Å². The number of piperidine rings is 1. The Morgan fingerprint density at radius 2 is 1.92 bits per heavy atom. The second-order valence-electron chi connectivity index (χ2n) is 8.88. The van der Waals surface area contributed by atoms with Gasteiger partial charge in [0.2, 0.25) is 5.91 Å². The van der Waals surface area contributed by atoms with Gasteiger partial charge in [-0.05, 0) is 55.1 Å². The molecule has 0 bridgehead atoms. The molecule has 10 heteroatoms. The summed E-state index contributed by atoms with van der Waals surface area (Å²) in [5.41, 5.74) is 0.540. The molecule has 0 radical (unpaired) electrons. The minimum Gasteiger partial charge on any atom is -0.496 e. The number of aliphatic carboxylic acids is 1. The summed E-state index contributed by atoms with van der Waals surface area (Å²) in [6.45, 7) is 3.02. The zero-order valence-electron chi connectivity index (χ0n) is 20.7. The lowest BCUT2D eigenvalue weighted by atomic mass is 10.0. The number of methoxy groups -OCH3 is 1. The summed E-state index contributed by atoms with van der Waals surface area (Å²) in [5, 5.41) is 12.9. The molecule has 1 saturated heterocycles. The zero-order chi connectivity index (χ0) is 26.9. The van der Waals surface area contributed by atoms with Crippen molar-refractivity contribution in [2.24, 2.45) is 5.92 Å². The lowest BCUT2D eigenvalue weighted by Gasteiger charge is -2.33. The first-order valence-electron chi connectivity index (χ1n) is 12.0. The van der Waals surface area contributed by atoms with Crippen LogP contribution < -0.4 is 10.1 Å². The monoisotopic (exact) mass is 564 g/mol. The molecule has 0 spiro atoms. The summed E-state index contributed by atoms with van der Waals surface area (Å²) in [4.78, 5) is 40.2. The summed E-state index contributed by atoms with van der Waals surface area (Å²) in [5.74, 6) is -1.50. The van der Waals surface area contributed by atoms with Crippen LogP contribution in [0.25, 0.3) is 6.08 Å². The molecule has 2 aromatic rings. The van der Waals surface area contributed by atoms with Crippen LogP contribution in [0.3, 0.4) is 0 Å². The van der Waals surface area contributed by atoms with Gasteiger partial charge in [0.25, 0.3) is 5.91 Å². The van der Waals surface area contributed by atoms with Crippen molar-refractivity contribution in [2.45, 2.75) is 48.4 Å². The Labute approximate surface area is 231 Å². The van der Waals surface area contributed by atoms with E-state index in [1.54, 1.807) is 26.2 Å². The Balaban J connectivity index is 1.79. The smallest absolute Gasteiger partial charge is 0.303 e. The van der Waals surface area contributed by atoms with Crippen LogP contribution in [0.2, 0.25) is 10.0 Å². The number of benzene rings is 2. The predicted molar refractivity (Wildman–Crippen MR) is 146 cm³/mol. The van der Waals surface area contributed by atoms with Crippen molar-refractivity contribution in [3.8, 4) is 5.75 Å². The van der Waals surface area contributed by atoms with Crippen molar-refractivity contribution in [3.63, 3.8) is 0 Å². The molecule has 1 heterocycles. The fourth-order valence-electron chi connectivity index (χ4n) is 4.14. The number of ether oxygens (including phenoxy) is 1. The number of para-hydroxylation sites is 1. The van der Waals surface area contributed by atoms with Gasteiger partial charge in [-0.25, -0.2) is 0 Å². The number of nitrogens with zero attached hydrogens (tertiary/aromatic N) is 1. The van der Waals surface area contributed by atoms with Crippen LogP contribution in [0.4, 0.5) is 0 Å². The molecule has 1 aliphatic heterocycles. The van der Waals surface area contributed by atoms with Crippen LogP contribution in [0.1, 0.15) is 38.2 Å². The van der Waals surface area contributed by atoms with Gasteiger partial charge in [0.1, 0.15) is 5.75 Å². The Bertz CT molecular complexity index is 1170. The van der Waals surface area contributed by atoms with Crippen molar-refractivity contribution in [1.82, 2.24) is 10.2 Å². The van der Waals surface area contributed by atoms with Gasteiger partial charge >= 0.3 is 5.97 Å². The highest BCUT2D eigenvalue weighted by molar-refractivity contribution is 7.99. The molecule has 37 heavy (non-hydrogen) atoms. The molecule has 1 aliphatic rings. The third-order valence-electron chi connectivity index (χ3n) is 5.96. The maximum absolute atomic E-state index is 13.2. The average Bonchev–Trinajstić information content (AvgIpc) is 2.87. The number of hydrogen-bond acceptors (Lipinski definition) is 6. The van der Waals surface area contributed by atoms with Crippen LogP contribution in [-0.4, -0.2) is 54.0 Å². The molecule has 2 aromatic carbocycles. The lowest BCUT2D eigenvalue weighted by Crippen LogP contribution is -2.51. The molecule has 2 amide bonds. The summed E-state index contributed by atoms with van der Waals surface area (Å²) >= 11 is 14.5. The molecular weight excluding hydrogens is 535 g/mol. The van der Waals surface area contributed by atoms with Gasteiger partial charge < -0.3 is 15.2 Å². The molecule has 2 N–H and O–H groups in total. The van der Waals surface area contributed by atoms with Crippen LogP contribution >= 0.6 is 35.0 Å². The Kier molecular flexibility index (Phi) is 10.9. The molecule has 1 fully saturated rings. The van der Waals surface area contributed by atoms with E-state index >= 15 is 0 Å². The van der Waals surface area contributed by atoms with Crippen molar-refractivity contribution < 1.29 is 24.2 Å². The standard InChI is InChI=1S/C27H30Cl2N2O5S/c1-17(15-25(34)35)14-24(33)31(19-6-5-13-30-16-19)23(32)12-10-18-9-11-22(27(29)26(18)28)37-21-8-4-3-7-20(21)36-2/h3-4,7-12,17,19,30H,5-6,13-16H2,1-2H3,(H,34,35)/b12-10+. The number of carbonyl (C=O) groups excluding carboxylic acids is 2. The van der Waals surface area contributed by atoms with Gasteiger partial charge in [-0.3, -0.25) is 19.3 Å². The number of carbonyl (C=O) groups is 3. The van der Waals surface area contributed by atoms with E-state index in [0.29, 0.717) is 29.3 Å². The van der Waals surface area contributed by atoms with E-state index in [1.807, 2.05) is 30.3 Å². The number of amides is 2. The fraction of sp³-hybridized carbons (Fsp3) is 0.370. The van der Waals surface area contributed by atoms with Gasteiger partial charge in [-0.15, -0.1) is 0 Å². The number of imide groups is 1. The Morgan fingerprint density at radius 3 is 2.59 bits per heavy atom. The molecule has 0 aromatic heterocycles. The number of nitrogens with one attached hydrogen (secondary N) is 1. The zero-order valence-corrected chi connectivity index (χ0v) is 23.0. The van der Waals surface area contributed by atoms with E-state index in [2.05, 4.69) is 5.32 Å². The van der Waals surface area contributed by atoms with E-state index in [1.165, 1.54) is 22.7 Å². The number of halogens is 2. The second-order valence-corrected chi connectivity index (χ2v) is 10.7. The summed E-state index contributed by atoms with van der Waals surface area (Å²) in [7, 11) is 1.60. The molecule has 198 valence electrons.